The molecule has 98 valence electrons. The van der Waals surface area contributed by atoms with E-state index in [0.717, 1.165) is 0 Å². The first-order valence-electron chi connectivity index (χ1n) is 5.18. The summed E-state index contributed by atoms with van der Waals surface area (Å²) in [7, 11) is 1.76. The largest absolute Gasteiger partial charge is 0.444 e. The minimum absolute atomic E-state index is 0.0279. The third-order valence-corrected chi connectivity index (χ3v) is 2.13. The summed E-state index contributed by atoms with van der Waals surface area (Å²) in [5.74, 6) is 1.03. The molecule has 1 N–H and O–H groups in total. The second kappa shape index (κ2) is 6.02. The van der Waals surface area contributed by atoms with Gasteiger partial charge >= 0.3 is 6.18 Å². The van der Waals surface area contributed by atoms with Crippen molar-refractivity contribution in [1.29, 1.82) is 0 Å². The zero-order valence-corrected chi connectivity index (χ0v) is 9.67. The number of ether oxygens (including phenoxy) is 1. The molecule has 0 spiro atoms. The molecule has 1 unspecified atom stereocenters. The van der Waals surface area contributed by atoms with E-state index in [1.165, 1.54) is 6.20 Å². The summed E-state index contributed by atoms with van der Waals surface area (Å²) >= 11 is 0. The van der Waals surface area contributed by atoms with E-state index in [0.29, 0.717) is 11.7 Å². The van der Waals surface area contributed by atoms with Crippen LogP contribution in [0.1, 0.15) is 24.6 Å². The number of oxazole rings is 1. The fraction of sp³-hybridized carbons (Fsp3) is 0.700. The van der Waals surface area contributed by atoms with Gasteiger partial charge in [-0.1, -0.05) is 0 Å². The highest BCUT2D eigenvalue weighted by Gasteiger charge is 2.27. The summed E-state index contributed by atoms with van der Waals surface area (Å²) in [5.41, 5.74) is 0. The van der Waals surface area contributed by atoms with E-state index in [1.54, 1.807) is 7.05 Å². The highest BCUT2D eigenvalue weighted by atomic mass is 19.4. The zero-order valence-electron chi connectivity index (χ0n) is 9.67. The predicted octanol–water partition coefficient (Wildman–Crippen LogP) is 2.08. The second-order valence-electron chi connectivity index (χ2n) is 3.59. The van der Waals surface area contributed by atoms with E-state index >= 15 is 0 Å². The monoisotopic (exact) mass is 252 g/mol. The molecule has 0 aliphatic heterocycles. The molecule has 0 aliphatic carbocycles. The Morgan fingerprint density at radius 2 is 2.24 bits per heavy atom. The van der Waals surface area contributed by atoms with Crippen molar-refractivity contribution in [1.82, 2.24) is 10.3 Å². The van der Waals surface area contributed by atoms with Crippen molar-refractivity contribution < 1.29 is 22.3 Å². The van der Waals surface area contributed by atoms with E-state index in [1.807, 2.05) is 6.92 Å². The quantitative estimate of drug-likeness (QED) is 0.787. The lowest BCUT2D eigenvalue weighted by molar-refractivity contribution is -0.173. The van der Waals surface area contributed by atoms with Crippen LogP contribution in [0.25, 0.3) is 0 Å². The predicted molar refractivity (Wildman–Crippen MR) is 54.6 cm³/mol. The Kier molecular flexibility index (Phi) is 4.95. The number of hydrogen-bond donors (Lipinski definition) is 1. The number of alkyl halides is 3. The van der Waals surface area contributed by atoms with Crippen molar-refractivity contribution >= 4 is 0 Å². The molecule has 1 aromatic rings. The first-order chi connectivity index (χ1) is 7.92. The smallest absolute Gasteiger partial charge is 0.411 e. The molecular formula is C10H15F3N2O2. The van der Waals surface area contributed by atoms with Gasteiger partial charge in [0.1, 0.15) is 12.4 Å². The van der Waals surface area contributed by atoms with Gasteiger partial charge in [0.15, 0.2) is 0 Å². The number of halogens is 3. The number of hydrogen-bond acceptors (Lipinski definition) is 4. The summed E-state index contributed by atoms with van der Waals surface area (Å²) in [5, 5.41) is 2.95. The second-order valence-corrected chi connectivity index (χ2v) is 3.59. The summed E-state index contributed by atoms with van der Waals surface area (Å²) in [6.45, 7) is 0.596. The Morgan fingerprint density at radius 3 is 2.82 bits per heavy atom. The van der Waals surface area contributed by atoms with Crippen molar-refractivity contribution in [3.63, 3.8) is 0 Å². The van der Waals surface area contributed by atoms with Crippen LogP contribution in [-0.4, -0.2) is 31.4 Å². The molecule has 1 heterocycles. The summed E-state index contributed by atoms with van der Waals surface area (Å²) < 4.78 is 45.1. The third-order valence-electron chi connectivity index (χ3n) is 2.13. The highest BCUT2D eigenvalue weighted by Crippen LogP contribution is 2.15. The molecule has 1 rings (SSSR count). The number of aromatic nitrogens is 1. The fourth-order valence-corrected chi connectivity index (χ4v) is 1.12. The Balaban J connectivity index is 2.30. The van der Waals surface area contributed by atoms with Crippen LogP contribution in [-0.2, 0) is 11.2 Å². The van der Waals surface area contributed by atoms with E-state index < -0.39 is 12.8 Å². The molecule has 0 saturated heterocycles. The Labute approximate surface area is 97.2 Å². The molecule has 0 aliphatic rings. The van der Waals surface area contributed by atoms with Gasteiger partial charge in [0.05, 0.1) is 18.8 Å². The lowest BCUT2D eigenvalue weighted by atomic mass is 10.3. The average molecular weight is 252 g/mol. The molecule has 0 bridgehead atoms. The molecule has 0 aromatic carbocycles. The van der Waals surface area contributed by atoms with E-state index in [-0.39, 0.29) is 19.1 Å². The Morgan fingerprint density at radius 1 is 1.53 bits per heavy atom. The van der Waals surface area contributed by atoms with Gasteiger partial charge in [-0.25, -0.2) is 4.98 Å². The normalized spacial score (nSPS) is 13.9. The van der Waals surface area contributed by atoms with E-state index in [9.17, 15) is 13.2 Å². The maximum atomic E-state index is 11.8. The summed E-state index contributed by atoms with van der Waals surface area (Å²) in [6.07, 6.45) is -2.51. The molecule has 7 heteroatoms. The van der Waals surface area contributed by atoms with Crippen LogP contribution >= 0.6 is 0 Å². The minimum atomic E-state index is -4.28. The maximum absolute atomic E-state index is 11.8. The van der Waals surface area contributed by atoms with Crippen LogP contribution in [0.4, 0.5) is 13.2 Å². The first kappa shape index (κ1) is 14.0. The molecule has 1 aromatic heterocycles. The van der Waals surface area contributed by atoms with Crippen LogP contribution in [0.3, 0.4) is 0 Å². The van der Waals surface area contributed by atoms with Gasteiger partial charge in [-0.2, -0.15) is 13.2 Å². The Bertz CT molecular complexity index is 339. The van der Waals surface area contributed by atoms with E-state index in [4.69, 9.17) is 4.42 Å². The lowest BCUT2D eigenvalue weighted by Gasteiger charge is -2.06. The number of nitrogens with zero attached hydrogens (tertiary/aromatic N) is 1. The van der Waals surface area contributed by atoms with Gasteiger partial charge in [0.2, 0.25) is 5.89 Å². The van der Waals surface area contributed by atoms with Crippen LogP contribution < -0.4 is 5.32 Å². The minimum Gasteiger partial charge on any atom is -0.444 e. The number of rotatable bonds is 6. The van der Waals surface area contributed by atoms with Crippen molar-refractivity contribution in [2.45, 2.75) is 25.6 Å². The number of nitrogens with one attached hydrogen (secondary N) is 1. The summed E-state index contributed by atoms with van der Waals surface area (Å²) in [6, 6.07) is -0.0279. The van der Waals surface area contributed by atoms with Crippen molar-refractivity contribution in [2.24, 2.45) is 0 Å². The molecule has 0 amide bonds. The van der Waals surface area contributed by atoms with Crippen LogP contribution in [0, 0.1) is 0 Å². The first-order valence-corrected chi connectivity index (χ1v) is 5.18. The van der Waals surface area contributed by atoms with Crippen LogP contribution in [0.2, 0.25) is 0 Å². The molecule has 0 fully saturated rings. The standard InChI is InChI=1S/C10H15F3N2O2/c1-7(14-2)9-15-5-8(17-9)3-4-16-6-10(11,12)13/h5,7,14H,3-4,6H2,1-2H3. The van der Waals surface area contributed by atoms with Crippen molar-refractivity contribution in [3.05, 3.63) is 17.8 Å². The van der Waals surface area contributed by atoms with Gasteiger partial charge in [0, 0.05) is 6.42 Å². The topological polar surface area (TPSA) is 47.3 Å². The maximum Gasteiger partial charge on any atom is 0.411 e. The van der Waals surface area contributed by atoms with Gasteiger partial charge in [-0.05, 0) is 14.0 Å². The molecular weight excluding hydrogens is 237 g/mol. The van der Waals surface area contributed by atoms with Crippen molar-refractivity contribution in [3.8, 4) is 0 Å². The van der Waals surface area contributed by atoms with E-state index in [2.05, 4.69) is 15.0 Å². The molecule has 4 nitrogen and oxygen atoms in total. The lowest BCUT2D eigenvalue weighted by Crippen LogP contribution is -2.17. The van der Waals surface area contributed by atoms with Crippen LogP contribution in [0.15, 0.2) is 10.6 Å². The SMILES string of the molecule is CNC(C)c1ncc(CCOCC(F)(F)F)o1. The fourth-order valence-electron chi connectivity index (χ4n) is 1.12. The third kappa shape index (κ3) is 5.18. The molecule has 0 radical (unpaired) electrons. The van der Waals surface area contributed by atoms with Gasteiger partial charge in [0.25, 0.3) is 0 Å². The highest BCUT2D eigenvalue weighted by molar-refractivity contribution is 4.97. The molecule has 1 atom stereocenters. The molecule has 17 heavy (non-hydrogen) atoms. The van der Waals surface area contributed by atoms with Gasteiger partial charge < -0.3 is 14.5 Å². The van der Waals surface area contributed by atoms with Gasteiger partial charge in [-0.3, -0.25) is 0 Å². The van der Waals surface area contributed by atoms with Crippen molar-refractivity contribution in [2.75, 3.05) is 20.3 Å². The molecule has 0 saturated carbocycles. The summed E-state index contributed by atoms with van der Waals surface area (Å²) in [4.78, 5) is 4.01. The zero-order chi connectivity index (χ0) is 12.9. The van der Waals surface area contributed by atoms with Crippen LogP contribution in [0.5, 0.6) is 0 Å². The average Bonchev–Trinajstić information content (AvgIpc) is 2.70. The Hall–Kier alpha value is -1.08. The van der Waals surface area contributed by atoms with Gasteiger partial charge in [-0.15, -0.1) is 0 Å².